The molecule has 174 valence electrons. The topological polar surface area (TPSA) is 112 Å². The average molecular weight is 459 g/mol. The number of aromatic hydroxyl groups is 2. The summed E-state index contributed by atoms with van der Waals surface area (Å²) in [4.78, 5) is 17.2. The Morgan fingerprint density at radius 3 is 2.53 bits per heavy atom. The Kier molecular flexibility index (Phi) is 6.94. The molecule has 3 aromatic carbocycles. The summed E-state index contributed by atoms with van der Waals surface area (Å²) >= 11 is 0. The van der Waals surface area contributed by atoms with Gasteiger partial charge in [-0.25, -0.2) is 0 Å². The Morgan fingerprint density at radius 1 is 1.00 bits per heavy atom. The number of nitrogens with one attached hydrogen (secondary N) is 1. The first-order chi connectivity index (χ1) is 16.5. The number of carbonyl (C=O) groups excluding carboxylic acids is 1. The van der Waals surface area contributed by atoms with Gasteiger partial charge in [0.2, 0.25) is 5.91 Å². The van der Waals surface area contributed by atoms with Crippen LogP contribution in [0.15, 0.2) is 79.0 Å². The first kappa shape index (κ1) is 23.1. The largest absolute Gasteiger partial charge is 0.508 e. The first-order valence-electron chi connectivity index (χ1n) is 10.9. The predicted molar refractivity (Wildman–Crippen MR) is 129 cm³/mol. The molecule has 0 radical (unpaired) electrons. The van der Waals surface area contributed by atoms with E-state index in [1.807, 2.05) is 42.5 Å². The van der Waals surface area contributed by atoms with Crippen LogP contribution in [-0.2, 0) is 4.79 Å². The second-order valence-electron chi connectivity index (χ2n) is 8.02. The van der Waals surface area contributed by atoms with Crippen LogP contribution < -0.4 is 10.1 Å². The van der Waals surface area contributed by atoms with Gasteiger partial charge in [-0.3, -0.25) is 9.78 Å². The van der Waals surface area contributed by atoms with Crippen molar-refractivity contribution in [2.45, 2.75) is 18.4 Å². The Labute approximate surface area is 197 Å². The molecule has 4 aromatic rings. The molecule has 0 saturated carbocycles. The molecule has 0 fully saturated rings. The number of aromatic nitrogens is 1. The van der Waals surface area contributed by atoms with Crippen molar-refractivity contribution in [1.82, 2.24) is 10.3 Å². The Morgan fingerprint density at radius 2 is 1.79 bits per heavy atom. The van der Waals surface area contributed by atoms with Crippen LogP contribution in [-0.4, -0.2) is 39.9 Å². The van der Waals surface area contributed by atoms with Gasteiger partial charge in [0.05, 0.1) is 13.2 Å². The lowest BCUT2D eigenvalue weighted by atomic mass is 9.87. The maximum Gasteiger partial charge on any atom is 0.221 e. The Balaban J connectivity index is 1.58. The van der Waals surface area contributed by atoms with Crippen LogP contribution in [0.2, 0.25) is 0 Å². The summed E-state index contributed by atoms with van der Waals surface area (Å²) in [6, 6.07) is 21.0. The zero-order chi connectivity index (χ0) is 24.1. The van der Waals surface area contributed by atoms with Crippen molar-refractivity contribution in [3.8, 4) is 17.2 Å². The van der Waals surface area contributed by atoms with E-state index in [0.29, 0.717) is 22.4 Å². The van der Waals surface area contributed by atoms with E-state index in [1.54, 1.807) is 31.5 Å². The summed E-state index contributed by atoms with van der Waals surface area (Å²) in [7, 11) is 1.58. The number of fused-ring (bicyclic) bond motifs is 1. The molecule has 0 saturated heterocycles. The van der Waals surface area contributed by atoms with Gasteiger partial charge in [0, 0.05) is 36.0 Å². The SMILES string of the molecule is COc1ccc(C(CC(=O)NCC(O)c2cccc(O)c2)c2ccc3cccnc3c2O)cc1. The van der Waals surface area contributed by atoms with E-state index < -0.39 is 12.0 Å². The smallest absolute Gasteiger partial charge is 0.221 e. The molecule has 34 heavy (non-hydrogen) atoms. The van der Waals surface area contributed by atoms with Gasteiger partial charge < -0.3 is 25.4 Å². The fourth-order valence-corrected chi connectivity index (χ4v) is 3.99. The summed E-state index contributed by atoms with van der Waals surface area (Å²) in [5.74, 6) is 0.0238. The van der Waals surface area contributed by atoms with E-state index in [2.05, 4.69) is 10.3 Å². The van der Waals surface area contributed by atoms with Crippen LogP contribution in [0.25, 0.3) is 10.9 Å². The Bertz CT molecular complexity index is 1290. The third kappa shape index (κ3) is 5.10. The number of rotatable bonds is 8. The summed E-state index contributed by atoms with van der Waals surface area (Å²) in [6.07, 6.45) is 0.697. The number of aliphatic hydroxyl groups is 1. The van der Waals surface area contributed by atoms with Gasteiger partial charge in [-0.2, -0.15) is 0 Å². The monoisotopic (exact) mass is 458 g/mol. The van der Waals surface area contributed by atoms with Gasteiger partial charge in [-0.15, -0.1) is 0 Å². The molecule has 1 heterocycles. The molecule has 7 heteroatoms. The van der Waals surface area contributed by atoms with E-state index in [-0.39, 0.29) is 30.4 Å². The number of phenols is 2. The van der Waals surface area contributed by atoms with E-state index in [4.69, 9.17) is 4.74 Å². The molecule has 4 rings (SSSR count). The average Bonchev–Trinajstić information content (AvgIpc) is 2.86. The highest BCUT2D eigenvalue weighted by molar-refractivity contribution is 5.86. The molecule has 1 amide bonds. The molecule has 0 bridgehead atoms. The van der Waals surface area contributed by atoms with E-state index in [1.165, 1.54) is 12.1 Å². The van der Waals surface area contributed by atoms with Crippen molar-refractivity contribution in [2.24, 2.45) is 0 Å². The number of phenolic OH excluding ortho intramolecular Hbond substituents is 2. The van der Waals surface area contributed by atoms with Gasteiger partial charge >= 0.3 is 0 Å². The molecular weight excluding hydrogens is 432 g/mol. The van der Waals surface area contributed by atoms with Crippen LogP contribution in [0.3, 0.4) is 0 Å². The van der Waals surface area contributed by atoms with Gasteiger partial charge in [0.25, 0.3) is 0 Å². The Hall–Kier alpha value is -4.10. The van der Waals surface area contributed by atoms with Crippen LogP contribution in [0.4, 0.5) is 0 Å². The number of hydrogen-bond acceptors (Lipinski definition) is 6. The van der Waals surface area contributed by atoms with Gasteiger partial charge in [0.15, 0.2) is 0 Å². The molecule has 2 atom stereocenters. The lowest BCUT2D eigenvalue weighted by Crippen LogP contribution is -2.29. The van der Waals surface area contributed by atoms with Crippen molar-refractivity contribution < 1.29 is 24.9 Å². The van der Waals surface area contributed by atoms with Gasteiger partial charge in [-0.1, -0.05) is 42.5 Å². The third-order valence-electron chi connectivity index (χ3n) is 5.81. The number of benzene rings is 3. The van der Waals surface area contributed by atoms with Crippen molar-refractivity contribution in [1.29, 1.82) is 0 Å². The minimum atomic E-state index is -0.964. The van der Waals surface area contributed by atoms with Crippen molar-refractivity contribution in [3.05, 3.63) is 95.7 Å². The van der Waals surface area contributed by atoms with Crippen molar-refractivity contribution >= 4 is 16.8 Å². The molecule has 1 aromatic heterocycles. The first-order valence-corrected chi connectivity index (χ1v) is 10.9. The molecule has 7 nitrogen and oxygen atoms in total. The summed E-state index contributed by atoms with van der Waals surface area (Å²) in [5, 5.41) is 34.6. The van der Waals surface area contributed by atoms with Crippen molar-refractivity contribution in [3.63, 3.8) is 0 Å². The number of amides is 1. The van der Waals surface area contributed by atoms with Gasteiger partial charge in [-0.05, 0) is 41.5 Å². The minimum Gasteiger partial charge on any atom is -0.508 e. The second-order valence-corrected chi connectivity index (χ2v) is 8.02. The molecule has 0 spiro atoms. The lowest BCUT2D eigenvalue weighted by molar-refractivity contribution is -0.121. The molecule has 4 N–H and O–H groups in total. The fourth-order valence-electron chi connectivity index (χ4n) is 3.99. The second kappa shape index (κ2) is 10.2. The van der Waals surface area contributed by atoms with Crippen molar-refractivity contribution in [2.75, 3.05) is 13.7 Å². The van der Waals surface area contributed by atoms with Crippen LogP contribution in [0.1, 0.15) is 35.1 Å². The number of aliphatic hydroxyl groups excluding tert-OH is 1. The molecule has 0 aliphatic carbocycles. The number of methoxy groups -OCH3 is 1. The highest BCUT2D eigenvalue weighted by Crippen LogP contribution is 2.38. The third-order valence-corrected chi connectivity index (χ3v) is 5.81. The summed E-state index contributed by atoms with van der Waals surface area (Å²) in [6.45, 7) is -0.0110. The zero-order valence-electron chi connectivity index (χ0n) is 18.7. The number of pyridine rings is 1. The fraction of sp³-hybridized carbons (Fsp3) is 0.185. The van der Waals surface area contributed by atoms with E-state index in [9.17, 15) is 20.1 Å². The molecular formula is C27H26N2O5. The van der Waals surface area contributed by atoms with Crippen LogP contribution in [0, 0.1) is 0 Å². The lowest BCUT2D eigenvalue weighted by Gasteiger charge is -2.21. The summed E-state index contributed by atoms with van der Waals surface area (Å²) in [5.41, 5.74) is 2.39. The highest BCUT2D eigenvalue weighted by Gasteiger charge is 2.23. The van der Waals surface area contributed by atoms with E-state index >= 15 is 0 Å². The predicted octanol–water partition coefficient (Wildman–Crippen LogP) is 4.03. The summed E-state index contributed by atoms with van der Waals surface area (Å²) < 4.78 is 5.25. The van der Waals surface area contributed by atoms with Gasteiger partial charge in [0.1, 0.15) is 22.8 Å². The number of nitrogens with zero attached hydrogens (tertiary/aromatic N) is 1. The van der Waals surface area contributed by atoms with Crippen LogP contribution >= 0.6 is 0 Å². The molecule has 0 aliphatic heterocycles. The maximum atomic E-state index is 12.9. The maximum absolute atomic E-state index is 12.9. The molecule has 2 unspecified atom stereocenters. The minimum absolute atomic E-state index is 0.0110. The highest BCUT2D eigenvalue weighted by atomic mass is 16.5. The zero-order valence-corrected chi connectivity index (χ0v) is 18.7. The number of hydrogen-bond donors (Lipinski definition) is 4. The van der Waals surface area contributed by atoms with E-state index in [0.717, 1.165) is 10.9 Å². The van der Waals surface area contributed by atoms with Crippen LogP contribution in [0.5, 0.6) is 17.2 Å². The quantitative estimate of drug-likeness (QED) is 0.317. The molecule has 0 aliphatic rings. The number of ether oxygens (including phenoxy) is 1. The number of carbonyl (C=O) groups is 1. The standard InChI is InChI=1S/C27H26N2O5/c1-34-21-10-7-17(8-11-21)23(22-12-9-18-5-3-13-28-26(18)27(22)33)15-25(32)29-16-24(31)19-4-2-6-20(30)14-19/h2-14,23-24,30-31,33H,15-16H2,1H3,(H,29,32). The normalized spacial score (nSPS) is 12.8.